The molecule has 3 nitrogen and oxygen atoms in total. The monoisotopic (exact) mass is 696 g/mol. The summed E-state index contributed by atoms with van der Waals surface area (Å²) in [6.07, 6.45) is 0. The molecule has 0 aliphatic heterocycles. The predicted molar refractivity (Wildman–Crippen MR) is 13.6 cm³/mol. The maximum absolute atomic E-state index is 0. The van der Waals surface area contributed by atoms with Gasteiger partial charge < -0.3 is 16.4 Å². The minimum absolute atomic E-state index is 0. The fourth-order valence-corrected chi connectivity index (χ4v) is 0. The second kappa shape index (κ2) is 101. The topological polar surface area (TPSA) is 85.5 Å². The molecule has 0 radical (unpaired) electrons. The van der Waals surface area contributed by atoms with Crippen LogP contribution in [0.25, 0.3) is 0 Å². The van der Waals surface area contributed by atoms with Gasteiger partial charge in [0, 0.05) is 81.1 Å². The molecule has 9 heteroatoms. The van der Waals surface area contributed by atoms with Crippen molar-refractivity contribution >= 4 is 34.7 Å². The van der Waals surface area contributed by atoms with Crippen LogP contribution in [0.5, 0.6) is 0 Å². The maximum atomic E-state index is 0. The molecular weight excluding hydrogens is 694 g/mol. The van der Waals surface area contributed by atoms with E-state index in [-0.39, 0.29) is 132 Å². The fraction of sp³-hybridized carbons (Fsp3) is 0. The van der Waals surface area contributed by atoms with Gasteiger partial charge in [-0.15, -0.1) is 0 Å². The largest absolute Gasteiger partial charge is 3.00 e. The van der Waals surface area contributed by atoms with Gasteiger partial charge in [0.2, 0.25) is 0 Å². The van der Waals surface area contributed by atoms with Gasteiger partial charge in [0.15, 0.2) is 0 Å². The first-order valence-corrected chi connectivity index (χ1v) is 0. The van der Waals surface area contributed by atoms with Gasteiger partial charge >= 0.3 is 34.7 Å². The molecule has 0 fully saturated rings. The molecule has 0 rings (SSSR count). The van der Waals surface area contributed by atoms with Crippen LogP contribution in [-0.2, 0) is 97.5 Å². The van der Waals surface area contributed by atoms with E-state index in [1.165, 1.54) is 0 Å². The van der Waals surface area contributed by atoms with Gasteiger partial charge in [-0.05, 0) is 0 Å². The molecule has 60 valence electrons. The van der Waals surface area contributed by atoms with Crippen molar-refractivity contribution < 1.29 is 97.5 Å². The van der Waals surface area contributed by atoms with Crippen molar-refractivity contribution in [1.82, 2.24) is 0 Å². The average Bonchev–Trinajstić information content (AvgIpc) is 0. The second-order valence-electron chi connectivity index (χ2n) is 0. The van der Waals surface area contributed by atoms with Gasteiger partial charge in [0.05, 0.1) is 0 Å². The molecule has 0 aliphatic carbocycles. The third-order valence-electron chi connectivity index (χ3n) is 0. The SMILES string of the molecule is [Al+3].[Al+3].[O-2].[O-2].[O-2].[Pt].[Pt].[Ru].[Ru]. The molecule has 0 atom stereocenters. The van der Waals surface area contributed by atoms with Crippen molar-refractivity contribution in [2.75, 3.05) is 0 Å². The van der Waals surface area contributed by atoms with E-state index in [0.717, 1.165) is 0 Å². The first kappa shape index (κ1) is 132. The van der Waals surface area contributed by atoms with E-state index in [2.05, 4.69) is 0 Å². The maximum Gasteiger partial charge on any atom is 3.00 e. The van der Waals surface area contributed by atoms with Crippen LogP contribution in [0.15, 0.2) is 0 Å². The zero-order chi connectivity index (χ0) is 0. The van der Waals surface area contributed by atoms with E-state index in [0.29, 0.717) is 0 Å². The Morgan fingerprint density at radius 3 is 0.444 bits per heavy atom. The summed E-state index contributed by atoms with van der Waals surface area (Å²) < 4.78 is 0. The summed E-state index contributed by atoms with van der Waals surface area (Å²) >= 11 is 0. The van der Waals surface area contributed by atoms with Gasteiger partial charge in [-0.25, -0.2) is 0 Å². The van der Waals surface area contributed by atoms with Crippen LogP contribution < -0.4 is 0 Å². The van der Waals surface area contributed by atoms with Crippen LogP contribution in [0.1, 0.15) is 0 Å². The fourth-order valence-electron chi connectivity index (χ4n) is 0. The van der Waals surface area contributed by atoms with Crippen molar-refractivity contribution in [2.24, 2.45) is 0 Å². The minimum atomic E-state index is 0. The predicted octanol–water partition coefficient (Wildman–Crippen LogP) is -1.13. The summed E-state index contributed by atoms with van der Waals surface area (Å²) in [7, 11) is 0. The molecule has 0 spiro atoms. The quantitative estimate of drug-likeness (QED) is 0.288. The number of hydrogen-bond donors (Lipinski definition) is 0. The van der Waals surface area contributed by atoms with E-state index >= 15 is 0 Å². The van der Waals surface area contributed by atoms with Gasteiger partial charge in [0.1, 0.15) is 0 Å². The van der Waals surface area contributed by atoms with Gasteiger partial charge in [-0.1, -0.05) is 0 Å². The molecule has 0 N–H and O–H groups in total. The Balaban J connectivity index is 0. The standard InChI is InChI=1S/2Al.3O.2Pt.2Ru/q2*+3;3*-2;;;;. The summed E-state index contributed by atoms with van der Waals surface area (Å²) in [5, 5.41) is 0. The van der Waals surface area contributed by atoms with E-state index in [1.54, 1.807) is 0 Å². The van der Waals surface area contributed by atoms with Crippen molar-refractivity contribution in [3.8, 4) is 0 Å². The van der Waals surface area contributed by atoms with E-state index in [1.807, 2.05) is 0 Å². The molecule has 0 aromatic carbocycles. The van der Waals surface area contributed by atoms with Gasteiger partial charge in [0.25, 0.3) is 0 Å². The zero-order valence-corrected chi connectivity index (χ0v) is 14.0. The first-order chi connectivity index (χ1) is 0. The Kier molecular flexibility index (Phi) is 1490. The van der Waals surface area contributed by atoms with Gasteiger partial charge in [-0.2, -0.15) is 0 Å². The molecule has 0 aliphatic rings. The summed E-state index contributed by atoms with van der Waals surface area (Å²) in [5.74, 6) is 0. The molecule has 0 amide bonds. The normalized spacial score (nSPS) is 0. The molecular formula is Al2O3Pt2Ru2. The molecule has 0 bridgehead atoms. The molecule has 0 saturated heterocycles. The zero-order valence-electron chi connectivity index (χ0n) is 3.72. The Labute approximate surface area is 130 Å². The average molecular weight is 694 g/mol. The van der Waals surface area contributed by atoms with E-state index in [4.69, 9.17) is 0 Å². The molecule has 0 saturated carbocycles. The molecule has 0 unspecified atom stereocenters. The van der Waals surface area contributed by atoms with Crippen LogP contribution in [-0.4, -0.2) is 34.7 Å². The van der Waals surface area contributed by atoms with Crippen LogP contribution >= 0.6 is 0 Å². The van der Waals surface area contributed by atoms with E-state index in [9.17, 15) is 0 Å². The Morgan fingerprint density at radius 1 is 0.444 bits per heavy atom. The van der Waals surface area contributed by atoms with Crippen LogP contribution in [0.3, 0.4) is 0 Å². The number of hydrogen-bond acceptors (Lipinski definition) is 0. The first-order valence-electron chi connectivity index (χ1n) is 0. The van der Waals surface area contributed by atoms with Crippen LogP contribution in [0, 0.1) is 0 Å². The summed E-state index contributed by atoms with van der Waals surface area (Å²) in [4.78, 5) is 0. The summed E-state index contributed by atoms with van der Waals surface area (Å²) in [6, 6.07) is 0. The molecule has 0 heterocycles. The minimum Gasteiger partial charge on any atom is -2.00 e. The molecule has 0 aromatic rings. The molecule has 9 heavy (non-hydrogen) atoms. The summed E-state index contributed by atoms with van der Waals surface area (Å²) in [6.45, 7) is 0. The Morgan fingerprint density at radius 2 is 0.444 bits per heavy atom. The van der Waals surface area contributed by atoms with Gasteiger partial charge in [-0.3, -0.25) is 0 Å². The van der Waals surface area contributed by atoms with Crippen LogP contribution in [0.4, 0.5) is 0 Å². The third kappa shape index (κ3) is 83.2. The van der Waals surface area contributed by atoms with Crippen molar-refractivity contribution in [3.05, 3.63) is 0 Å². The Bertz CT molecular complexity index is 17.8. The van der Waals surface area contributed by atoms with Crippen molar-refractivity contribution in [3.63, 3.8) is 0 Å². The Hall–Kier alpha value is 3.57. The molecule has 0 aromatic heterocycles. The van der Waals surface area contributed by atoms with Crippen molar-refractivity contribution in [1.29, 1.82) is 0 Å². The third-order valence-corrected chi connectivity index (χ3v) is 0. The van der Waals surface area contributed by atoms with Crippen molar-refractivity contribution in [2.45, 2.75) is 0 Å². The summed E-state index contributed by atoms with van der Waals surface area (Å²) in [5.41, 5.74) is 0. The van der Waals surface area contributed by atoms with E-state index < -0.39 is 0 Å². The second-order valence-corrected chi connectivity index (χ2v) is 0. The van der Waals surface area contributed by atoms with Crippen LogP contribution in [0.2, 0.25) is 0 Å². The smallest absolute Gasteiger partial charge is 2.00 e. The number of rotatable bonds is 0.